The highest BCUT2D eigenvalue weighted by Gasteiger charge is 2.55. The highest BCUT2D eigenvalue weighted by atomic mass is 16.6. The average molecular weight is 152 g/mol. The van der Waals surface area contributed by atoms with E-state index >= 15 is 0 Å². The second-order valence-electron chi connectivity index (χ2n) is 4.24. The van der Waals surface area contributed by atoms with Crippen LogP contribution in [0.2, 0.25) is 0 Å². The Morgan fingerprint density at radius 1 is 1.64 bits per heavy atom. The summed E-state index contributed by atoms with van der Waals surface area (Å²) >= 11 is 0. The zero-order valence-electron chi connectivity index (χ0n) is 7.39. The molecule has 62 valence electrons. The van der Waals surface area contributed by atoms with Crippen LogP contribution >= 0.6 is 0 Å². The normalized spacial score (nSPS) is 48.2. The van der Waals surface area contributed by atoms with Crippen LogP contribution in [-0.2, 0) is 4.74 Å². The first-order valence-electron chi connectivity index (χ1n) is 4.45. The molecule has 2 rings (SSSR count). The van der Waals surface area contributed by atoms with Crippen LogP contribution in [0.5, 0.6) is 0 Å². The number of allylic oxidation sites excluding steroid dienone is 1. The lowest BCUT2D eigenvalue weighted by Crippen LogP contribution is -2.21. The quantitative estimate of drug-likeness (QED) is 0.415. The standard InChI is InChI=1S/C10H16O/c1-7(2)8-4-5-10(3)9(6-8)11-10/h8-9H,1,4-6H2,2-3H3/t8-,9?,10?/m1/s1. The fourth-order valence-corrected chi connectivity index (χ4v) is 2.09. The number of hydrogen-bond acceptors (Lipinski definition) is 1. The summed E-state index contributed by atoms with van der Waals surface area (Å²) in [5.41, 5.74) is 1.61. The van der Waals surface area contributed by atoms with Gasteiger partial charge in [-0.3, -0.25) is 0 Å². The lowest BCUT2D eigenvalue weighted by atomic mass is 9.80. The van der Waals surface area contributed by atoms with Crippen molar-refractivity contribution in [1.29, 1.82) is 0 Å². The first-order valence-corrected chi connectivity index (χ1v) is 4.45. The van der Waals surface area contributed by atoms with Crippen molar-refractivity contribution in [1.82, 2.24) is 0 Å². The third-order valence-corrected chi connectivity index (χ3v) is 3.22. The number of rotatable bonds is 1. The fraction of sp³-hybridized carbons (Fsp3) is 0.800. The number of ether oxygens (including phenoxy) is 1. The minimum absolute atomic E-state index is 0.270. The van der Waals surface area contributed by atoms with E-state index in [-0.39, 0.29) is 5.60 Å². The van der Waals surface area contributed by atoms with Crippen LogP contribution in [0.4, 0.5) is 0 Å². The van der Waals surface area contributed by atoms with Gasteiger partial charge in [0.15, 0.2) is 0 Å². The van der Waals surface area contributed by atoms with Crippen LogP contribution in [-0.4, -0.2) is 11.7 Å². The van der Waals surface area contributed by atoms with Crippen LogP contribution in [0.25, 0.3) is 0 Å². The first kappa shape index (κ1) is 7.35. The van der Waals surface area contributed by atoms with Crippen LogP contribution in [0.15, 0.2) is 12.2 Å². The second kappa shape index (κ2) is 2.10. The van der Waals surface area contributed by atoms with E-state index in [0.717, 1.165) is 5.92 Å². The SMILES string of the molecule is C=C(C)[C@@H]1CCC2(C)OC2C1. The van der Waals surface area contributed by atoms with E-state index in [4.69, 9.17) is 4.74 Å². The summed E-state index contributed by atoms with van der Waals surface area (Å²) in [6, 6.07) is 0. The van der Waals surface area contributed by atoms with E-state index in [2.05, 4.69) is 20.4 Å². The maximum Gasteiger partial charge on any atom is 0.0920 e. The monoisotopic (exact) mass is 152 g/mol. The Kier molecular flexibility index (Phi) is 1.40. The summed E-state index contributed by atoms with van der Waals surface area (Å²) in [5, 5.41) is 0. The predicted molar refractivity (Wildman–Crippen MR) is 45.4 cm³/mol. The molecular weight excluding hydrogens is 136 g/mol. The third-order valence-electron chi connectivity index (χ3n) is 3.22. The Labute approximate surface area is 68.4 Å². The smallest absolute Gasteiger partial charge is 0.0920 e. The molecule has 3 atom stereocenters. The van der Waals surface area contributed by atoms with Gasteiger partial charge in [0.05, 0.1) is 11.7 Å². The fourth-order valence-electron chi connectivity index (χ4n) is 2.09. The van der Waals surface area contributed by atoms with Crippen LogP contribution in [0.3, 0.4) is 0 Å². The van der Waals surface area contributed by atoms with Crippen LogP contribution in [0, 0.1) is 5.92 Å². The molecule has 0 bridgehead atoms. The van der Waals surface area contributed by atoms with E-state index in [1.54, 1.807) is 0 Å². The molecule has 0 spiro atoms. The van der Waals surface area contributed by atoms with Crippen molar-refractivity contribution in [2.75, 3.05) is 0 Å². The molecule has 1 aliphatic heterocycles. The van der Waals surface area contributed by atoms with Crippen molar-refractivity contribution >= 4 is 0 Å². The summed E-state index contributed by atoms with van der Waals surface area (Å²) in [5.74, 6) is 0.732. The van der Waals surface area contributed by atoms with Crippen LogP contribution in [0.1, 0.15) is 33.1 Å². The van der Waals surface area contributed by atoms with Crippen molar-refractivity contribution < 1.29 is 4.74 Å². The minimum atomic E-state index is 0.270. The summed E-state index contributed by atoms with van der Waals surface area (Å²) < 4.78 is 5.60. The van der Waals surface area contributed by atoms with E-state index in [9.17, 15) is 0 Å². The molecule has 0 radical (unpaired) electrons. The molecule has 2 aliphatic rings. The summed E-state index contributed by atoms with van der Waals surface area (Å²) in [4.78, 5) is 0. The van der Waals surface area contributed by atoms with Gasteiger partial charge in [-0.15, -0.1) is 0 Å². The summed E-state index contributed by atoms with van der Waals surface area (Å²) in [7, 11) is 0. The summed E-state index contributed by atoms with van der Waals surface area (Å²) in [6.07, 6.45) is 4.28. The van der Waals surface area contributed by atoms with E-state index in [0.29, 0.717) is 6.10 Å². The Morgan fingerprint density at radius 3 is 2.91 bits per heavy atom. The van der Waals surface area contributed by atoms with Gasteiger partial charge in [-0.1, -0.05) is 12.2 Å². The van der Waals surface area contributed by atoms with Gasteiger partial charge in [0.2, 0.25) is 0 Å². The van der Waals surface area contributed by atoms with Gasteiger partial charge in [-0.2, -0.15) is 0 Å². The minimum Gasteiger partial charge on any atom is -0.366 e. The molecule has 1 heteroatoms. The highest BCUT2D eigenvalue weighted by molar-refractivity contribution is 5.10. The van der Waals surface area contributed by atoms with Crippen molar-refractivity contribution in [3.05, 3.63) is 12.2 Å². The zero-order chi connectivity index (χ0) is 8.06. The van der Waals surface area contributed by atoms with Gasteiger partial charge in [-0.05, 0) is 39.0 Å². The molecule has 1 saturated heterocycles. The van der Waals surface area contributed by atoms with E-state index < -0.39 is 0 Å². The van der Waals surface area contributed by atoms with Gasteiger partial charge >= 0.3 is 0 Å². The molecule has 1 nitrogen and oxygen atoms in total. The molecule has 2 unspecified atom stereocenters. The van der Waals surface area contributed by atoms with Crippen molar-refractivity contribution in [3.63, 3.8) is 0 Å². The molecule has 2 fully saturated rings. The highest BCUT2D eigenvalue weighted by Crippen LogP contribution is 2.50. The number of epoxide rings is 1. The molecule has 0 aromatic heterocycles. The van der Waals surface area contributed by atoms with Gasteiger partial charge < -0.3 is 4.74 Å². The molecule has 0 amide bonds. The molecule has 0 aromatic carbocycles. The van der Waals surface area contributed by atoms with Crippen molar-refractivity contribution in [3.8, 4) is 0 Å². The maximum absolute atomic E-state index is 5.60. The van der Waals surface area contributed by atoms with Crippen molar-refractivity contribution in [2.24, 2.45) is 5.92 Å². The third kappa shape index (κ3) is 1.12. The lowest BCUT2D eigenvalue weighted by molar-refractivity contribution is 0.303. The Hall–Kier alpha value is -0.300. The Balaban J connectivity index is 1.98. The van der Waals surface area contributed by atoms with Gasteiger partial charge in [0, 0.05) is 0 Å². The average Bonchev–Trinajstić information content (AvgIpc) is 2.58. The van der Waals surface area contributed by atoms with Crippen molar-refractivity contribution in [2.45, 2.75) is 44.8 Å². The zero-order valence-corrected chi connectivity index (χ0v) is 7.39. The molecular formula is C10H16O. The molecule has 1 saturated carbocycles. The van der Waals surface area contributed by atoms with Crippen LogP contribution < -0.4 is 0 Å². The second-order valence-corrected chi connectivity index (χ2v) is 4.24. The predicted octanol–water partition coefficient (Wildman–Crippen LogP) is 2.52. The maximum atomic E-state index is 5.60. The van der Waals surface area contributed by atoms with Gasteiger partial charge in [0.1, 0.15) is 0 Å². The largest absolute Gasteiger partial charge is 0.366 e. The Bertz CT molecular complexity index is 197. The van der Waals surface area contributed by atoms with E-state index in [1.807, 2.05) is 0 Å². The molecule has 11 heavy (non-hydrogen) atoms. The number of hydrogen-bond donors (Lipinski definition) is 0. The molecule has 0 aromatic rings. The molecule has 1 heterocycles. The molecule has 0 N–H and O–H groups in total. The lowest BCUT2D eigenvalue weighted by Gasteiger charge is -2.22. The Morgan fingerprint density at radius 2 is 2.36 bits per heavy atom. The molecule has 1 aliphatic carbocycles. The van der Waals surface area contributed by atoms with E-state index in [1.165, 1.54) is 24.8 Å². The number of fused-ring (bicyclic) bond motifs is 1. The topological polar surface area (TPSA) is 12.5 Å². The first-order chi connectivity index (χ1) is 5.12. The summed E-state index contributed by atoms with van der Waals surface area (Å²) in [6.45, 7) is 8.36. The van der Waals surface area contributed by atoms with Gasteiger partial charge in [-0.25, -0.2) is 0 Å². The van der Waals surface area contributed by atoms with Gasteiger partial charge in [0.25, 0.3) is 0 Å².